The number of hydrogen-bond donors (Lipinski definition) is 2. The Morgan fingerprint density at radius 1 is 1.24 bits per heavy atom. The number of aryl methyl sites for hydroxylation is 2. The number of nitrogens with zero attached hydrogens (tertiary/aromatic N) is 4. The molecule has 1 fully saturated rings. The van der Waals surface area contributed by atoms with Crippen molar-refractivity contribution < 1.29 is 4.79 Å². The predicted molar refractivity (Wildman–Crippen MR) is 113 cm³/mol. The lowest BCUT2D eigenvalue weighted by molar-refractivity contribution is 0.139. The molecule has 7 nitrogen and oxygen atoms in total. The summed E-state index contributed by atoms with van der Waals surface area (Å²) >= 11 is 0. The van der Waals surface area contributed by atoms with Gasteiger partial charge in [-0.25, -0.2) is 9.78 Å². The average Bonchev–Trinajstić information content (AvgIpc) is 3.34. The molecule has 3 aromatic heterocycles. The SMILES string of the molecule is CCNC(=O)N1CCC2(CCCn3nc(-c4cnc5[nH]cc(C)c5c4)cc32)CC1. The number of rotatable bonds is 2. The van der Waals surface area contributed by atoms with Gasteiger partial charge in [-0.1, -0.05) is 0 Å². The van der Waals surface area contributed by atoms with E-state index >= 15 is 0 Å². The van der Waals surface area contributed by atoms with Crippen molar-refractivity contribution in [3.8, 4) is 11.3 Å². The van der Waals surface area contributed by atoms with Crippen molar-refractivity contribution in [1.29, 1.82) is 0 Å². The van der Waals surface area contributed by atoms with Crippen LogP contribution in [0.1, 0.15) is 43.9 Å². The first-order valence-electron chi connectivity index (χ1n) is 10.6. The van der Waals surface area contributed by atoms with E-state index in [9.17, 15) is 4.79 Å². The maximum atomic E-state index is 12.2. The summed E-state index contributed by atoms with van der Waals surface area (Å²) in [6, 6.07) is 4.52. The first-order chi connectivity index (χ1) is 14.1. The molecule has 5 rings (SSSR count). The van der Waals surface area contributed by atoms with Gasteiger partial charge >= 0.3 is 6.03 Å². The zero-order valence-corrected chi connectivity index (χ0v) is 17.2. The molecule has 0 aliphatic carbocycles. The molecule has 7 heteroatoms. The minimum Gasteiger partial charge on any atom is -0.346 e. The molecule has 1 saturated heterocycles. The number of aromatic nitrogens is 4. The number of urea groups is 1. The number of piperidine rings is 1. The number of pyridine rings is 1. The first kappa shape index (κ1) is 18.2. The van der Waals surface area contributed by atoms with Crippen LogP contribution in [0.2, 0.25) is 0 Å². The highest BCUT2D eigenvalue weighted by Crippen LogP contribution is 2.43. The second-order valence-electron chi connectivity index (χ2n) is 8.44. The summed E-state index contributed by atoms with van der Waals surface area (Å²) in [7, 11) is 0. The highest BCUT2D eigenvalue weighted by molar-refractivity contribution is 5.83. The molecule has 152 valence electrons. The van der Waals surface area contributed by atoms with Crippen molar-refractivity contribution in [1.82, 2.24) is 30.0 Å². The molecule has 0 saturated carbocycles. The summed E-state index contributed by atoms with van der Waals surface area (Å²) in [6.45, 7) is 7.32. The van der Waals surface area contributed by atoms with Gasteiger partial charge in [0.05, 0.1) is 5.69 Å². The van der Waals surface area contributed by atoms with Gasteiger partial charge in [-0.3, -0.25) is 4.68 Å². The second kappa shape index (κ2) is 6.90. The minimum atomic E-state index is 0.0635. The topological polar surface area (TPSA) is 78.8 Å². The van der Waals surface area contributed by atoms with Crippen LogP contribution in [0.15, 0.2) is 24.5 Å². The van der Waals surface area contributed by atoms with Crippen molar-refractivity contribution in [2.24, 2.45) is 0 Å². The third-order valence-corrected chi connectivity index (χ3v) is 6.72. The molecule has 3 aromatic rings. The van der Waals surface area contributed by atoms with Crippen molar-refractivity contribution in [3.05, 3.63) is 35.8 Å². The summed E-state index contributed by atoms with van der Waals surface area (Å²) in [6.07, 6.45) is 8.24. The lowest BCUT2D eigenvalue weighted by Crippen LogP contribution is -2.50. The molecule has 0 aromatic carbocycles. The highest BCUT2D eigenvalue weighted by Gasteiger charge is 2.41. The Kier molecular flexibility index (Phi) is 4.33. The molecular formula is C22H28N6O. The van der Waals surface area contributed by atoms with Gasteiger partial charge in [0.2, 0.25) is 0 Å². The number of likely N-dealkylation sites (tertiary alicyclic amines) is 1. The molecule has 0 bridgehead atoms. The van der Waals surface area contributed by atoms with Crippen molar-refractivity contribution >= 4 is 17.1 Å². The van der Waals surface area contributed by atoms with Gasteiger partial charge in [-0.05, 0) is 57.2 Å². The third-order valence-electron chi connectivity index (χ3n) is 6.72. The molecule has 1 spiro atoms. The summed E-state index contributed by atoms with van der Waals surface area (Å²) < 4.78 is 2.20. The quantitative estimate of drug-likeness (QED) is 0.699. The Balaban J connectivity index is 1.45. The number of H-pyrrole nitrogens is 1. The lowest BCUT2D eigenvalue weighted by Gasteiger charge is -2.44. The summed E-state index contributed by atoms with van der Waals surface area (Å²) in [5.41, 5.74) is 5.66. The van der Waals surface area contributed by atoms with E-state index in [1.165, 1.54) is 17.7 Å². The number of aromatic amines is 1. The van der Waals surface area contributed by atoms with E-state index < -0.39 is 0 Å². The smallest absolute Gasteiger partial charge is 0.317 e. The lowest BCUT2D eigenvalue weighted by atomic mass is 9.70. The predicted octanol–water partition coefficient (Wildman–Crippen LogP) is 3.59. The van der Waals surface area contributed by atoms with E-state index in [1.807, 2.05) is 24.2 Å². The van der Waals surface area contributed by atoms with Gasteiger partial charge in [0, 0.05) is 60.6 Å². The van der Waals surface area contributed by atoms with E-state index in [4.69, 9.17) is 5.10 Å². The Hall–Kier alpha value is -2.83. The van der Waals surface area contributed by atoms with Crippen molar-refractivity contribution in [2.45, 2.75) is 51.5 Å². The van der Waals surface area contributed by atoms with E-state index in [1.54, 1.807) is 0 Å². The van der Waals surface area contributed by atoms with Crippen LogP contribution >= 0.6 is 0 Å². The minimum absolute atomic E-state index is 0.0635. The fraction of sp³-hybridized carbons (Fsp3) is 0.500. The fourth-order valence-corrected chi connectivity index (χ4v) is 5.03. The molecule has 2 aliphatic rings. The first-order valence-corrected chi connectivity index (χ1v) is 10.6. The molecule has 0 radical (unpaired) electrons. The number of fused-ring (bicyclic) bond motifs is 3. The van der Waals surface area contributed by atoms with Crippen LogP contribution in [0.5, 0.6) is 0 Å². The van der Waals surface area contributed by atoms with Gasteiger partial charge < -0.3 is 15.2 Å². The Morgan fingerprint density at radius 2 is 2.07 bits per heavy atom. The maximum absolute atomic E-state index is 12.2. The Labute approximate surface area is 170 Å². The van der Waals surface area contributed by atoms with Gasteiger partial charge in [-0.2, -0.15) is 5.10 Å². The van der Waals surface area contributed by atoms with E-state index in [0.717, 1.165) is 61.2 Å². The number of carbonyl (C=O) groups excluding carboxylic acids is 1. The largest absolute Gasteiger partial charge is 0.346 e. The van der Waals surface area contributed by atoms with Crippen LogP contribution < -0.4 is 5.32 Å². The molecule has 2 N–H and O–H groups in total. The van der Waals surface area contributed by atoms with Crippen molar-refractivity contribution in [2.75, 3.05) is 19.6 Å². The molecule has 2 aliphatic heterocycles. The summed E-state index contributed by atoms with van der Waals surface area (Å²) in [5.74, 6) is 0. The molecular weight excluding hydrogens is 364 g/mol. The van der Waals surface area contributed by atoms with Crippen LogP contribution in [0.25, 0.3) is 22.3 Å². The van der Waals surface area contributed by atoms with Gasteiger partial charge in [0.25, 0.3) is 0 Å². The van der Waals surface area contributed by atoms with E-state index in [0.29, 0.717) is 6.54 Å². The van der Waals surface area contributed by atoms with Crippen LogP contribution in [0.3, 0.4) is 0 Å². The summed E-state index contributed by atoms with van der Waals surface area (Å²) in [5, 5.41) is 9.03. The van der Waals surface area contributed by atoms with Gasteiger partial charge in [0.1, 0.15) is 5.65 Å². The zero-order valence-electron chi connectivity index (χ0n) is 17.2. The number of nitrogens with one attached hydrogen (secondary N) is 2. The molecule has 5 heterocycles. The van der Waals surface area contributed by atoms with Crippen LogP contribution in [0, 0.1) is 6.92 Å². The maximum Gasteiger partial charge on any atom is 0.317 e. The van der Waals surface area contributed by atoms with Crippen molar-refractivity contribution in [3.63, 3.8) is 0 Å². The average molecular weight is 393 g/mol. The van der Waals surface area contributed by atoms with E-state index in [2.05, 4.69) is 39.0 Å². The van der Waals surface area contributed by atoms with E-state index in [-0.39, 0.29) is 11.4 Å². The number of amides is 2. The van der Waals surface area contributed by atoms with Gasteiger partial charge in [-0.15, -0.1) is 0 Å². The van der Waals surface area contributed by atoms with Crippen LogP contribution in [0.4, 0.5) is 4.79 Å². The van der Waals surface area contributed by atoms with Gasteiger partial charge in [0.15, 0.2) is 0 Å². The highest BCUT2D eigenvalue weighted by atomic mass is 16.2. The monoisotopic (exact) mass is 392 g/mol. The Morgan fingerprint density at radius 3 is 2.86 bits per heavy atom. The molecule has 29 heavy (non-hydrogen) atoms. The second-order valence-corrected chi connectivity index (χ2v) is 8.44. The Bertz CT molecular complexity index is 1060. The third kappa shape index (κ3) is 2.99. The zero-order chi connectivity index (χ0) is 20.0. The fourth-order valence-electron chi connectivity index (χ4n) is 5.03. The standard InChI is InChI=1S/C22H28N6O/c1-3-23-21(29)27-9-6-22(7-10-27)5-4-8-28-19(22)12-18(26-28)16-11-17-15(2)13-24-20(17)25-14-16/h11-14H,3-10H2,1-2H3,(H,23,29)(H,24,25). The van der Waals surface area contributed by atoms with Crippen LogP contribution in [-0.2, 0) is 12.0 Å². The summed E-state index contributed by atoms with van der Waals surface area (Å²) in [4.78, 5) is 21.9. The molecule has 0 unspecified atom stereocenters. The van der Waals surface area contributed by atoms with Crippen LogP contribution in [-0.4, -0.2) is 50.3 Å². The normalized spacial score (nSPS) is 18.2. The molecule has 2 amide bonds. The number of carbonyl (C=O) groups is 1. The molecule has 0 atom stereocenters. The number of hydrogen-bond acceptors (Lipinski definition) is 3.